The predicted molar refractivity (Wildman–Crippen MR) is 112 cm³/mol. The minimum absolute atomic E-state index is 0.360. The number of sulfone groups is 3. The lowest BCUT2D eigenvalue weighted by molar-refractivity contribution is -0.388. The number of hydrogen-bond donors (Lipinski definition) is 1. The van der Waals surface area contributed by atoms with Crippen LogP contribution in [0.5, 0.6) is 0 Å². The molecule has 0 aliphatic carbocycles. The van der Waals surface area contributed by atoms with Crippen LogP contribution >= 0.6 is 11.6 Å². The van der Waals surface area contributed by atoms with Crippen LogP contribution in [0.15, 0.2) is 51.1 Å². The lowest BCUT2D eigenvalue weighted by atomic mass is 10.3. The van der Waals surface area contributed by atoms with Crippen molar-refractivity contribution in [2.24, 2.45) is 0 Å². The van der Waals surface area contributed by atoms with Crippen LogP contribution in [0.4, 0.5) is 24.5 Å². The Kier molecular flexibility index (Phi) is 7.37. The summed E-state index contributed by atoms with van der Waals surface area (Å²) < 4.78 is 110. The number of anilines is 1. The number of benzene rings is 2. The number of halogens is 4. The average molecular weight is 565 g/mol. The first-order valence-corrected chi connectivity index (χ1v) is 13.8. The third-order valence-corrected chi connectivity index (χ3v) is 8.62. The summed E-state index contributed by atoms with van der Waals surface area (Å²) in [5.74, 6) is -2.90. The molecule has 0 radical (unpaired) electrons. The Balaban J connectivity index is 2.41. The Labute approximate surface area is 195 Å². The molecule has 0 fully saturated rings. The topological polar surface area (TPSA) is 175 Å². The first-order chi connectivity index (χ1) is 15.3. The average Bonchev–Trinajstić information content (AvgIpc) is 2.67. The highest BCUT2D eigenvalue weighted by Gasteiger charge is 2.47. The van der Waals surface area contributed by atoms with Crippen molar-refractivity contribution in [2.75, 3.05) is 17.3 Å². The second-order valence-electron chi connectivity index (χ2n) is 6.56. The number of rotatable bonds is 7. The van der Waals surface area contributed by atoms with Crippen LogP contribution in [0.2, 0.25) is 5.02 Å². The zero-order valence-electron chi connectivity index (χ0n) is 16.5. The number of nitrogens with one attached hydrogen (secondary N) is 1. The van der Waals surface area contributed by atoms with Gasteiger partial charge in [0.25, 0.3) is 15.5 Å². The summed E-state index contributed by atoms with van der Waals surface area (Å²) in [6, 6.07) is 3.47. The molecule has 186 valence electrons. The van der Waals surface area contributed by atoms with Gasteiger partial charge in [-0.2, -0.15) is 13.2 Å². The number of nitrogens with zero attached hydrogens (tertiary/aromatic N) is 1. The number of nitro groups is 1. The summed E-state index contributed by atoms with van der Waals surface area (Å²) in [6.07, 6.45) is 0.727. The summed E-state index contributed by atoms with van der Waals surface area (Å²) in [4.78, 5) is 19.5. The highest BCUT2D eigenvalue weighted by atomic mass is 35.5. The van der Waals surface area contributed by atoms with E-state index in [0.717, 1.165) is 18.4 Å². The van der Waals surface area contributed by atoms with Gasteiger partial charge in [0.15, 0.2) is 19.7 Å². The number of carbonyl (C=O) groups excluding carboxylic acids is 1. The second kappa shape index (κ2) is 9.12. The molecule has 0 saturated heterocycles. The van der Waals surface area contributed by atoms with E-state index in [1.807, 2.05) is 5.32 Å². The maximum atomic E-state index is 12.7. The van der Waals surface area contributed by atoms with E-state index in [1.54, 1.807) is 0 Å². The fourth-order valence-corrected chi connectivity index (χ4v) is 5.36. The smallest absolute Gasteiger partial charge is 0.324 e. The van der Waals surface area contributed by atoms with Crippen LogP contribution in [-0.2, 0) is 34.3 Å². The molecule has 0 atom stereocenters. The molecule has 0 spiro atoms. The minimum atomic E-state index is -5.81. The normalized spacial score (nSPS) is 12.9. The quantitative estimate of drug-likeness (QED) is 0.391. The number of carbonyl (C=O) groups is 1. The molecule has 2 aromatic carbocycles. The SMILES string of the molecule is CS(=O)(=O)c1ccc(S(=O)(=O)CC(=O)Nc2cc(S(=O)(=O)C(F)(F)F)ccc2Cl)c([N+](=O)[O-])c1. The van der Waals surface area contributed by atoms with Crippen LogP contribution in [-0.4, -0.2) is 53.6 Å². The fourth-order valence-electron chi connectivity index (χ4n) is 2.47. The van der Waals surface area contributed by atoms with Crippen molar-refractivity contribution in [3.8, 4) is 0 Å². The van der Waals surface area contributed by atoms with Gasteiger partial charge in [0.2, 0.25) is 5.91 Å². The highest BCUT2D eigenvalue weighted by molar-refractivity contribution is 7.92. The van der Waals surface area contributed by atoms with E-state index in [1.165, 1.54) is 0 Å². The Morgan fingerprint density at radius 2 is 1.59 bits per heavy atom. The van der Waals surface area contributed by atoms with E-state index in [9.17, 15) is 53.3 Å². The van der Waals surface area contributed by atoms with Gasteiger partial charge in [-0.3, -0.25) is 14.9 Å². The predicted octanol–water partition coefficient (Wildman–Crippen LogP) is 2.36. The Morgan fingerprint density at radius 3 is 2.09 bits per heavy atom. The zero-order valence-corrected chi connectivity index (χ0v) is 19.7. The Hall–Kier alpha value is -2.76. The van der Waals surface area contributed by atoms with Crippen molar-refractivity contribution in [2.45, 2.75) is 20.2 Å². The minimum Gasteiger partial charge on any atom is -0.324 e. The van der Waals surface area contributed by atoms with E-state index in [2.05, 4.69) is 0 Å². The summed E-state index contributed by atoms with van der Waals surface area (Å²) in [7, 11) is -14.5. The molecule has 0 saturated carbocycles. The lowest BCUT2D eigenvalue weighted by Crippen LogP contribution is -2.25. The van der Waals surface area contributed by atoms with Crippen molar-refractivity contribution in [1.82, 2.24) is 0 Å². The molecule has 34 heavy (non-hydrogen) atoms. The maximum Gasteiger partial charge on any atom is 0.501 e. The molecule has 0 aliphatic rings. The first-order valence-electron chi connectivity index (χ1n) is 8.39. The molecular weight excluding hydrogens is 553 g/mol. The van der Waals surface area contributed by atoms with E-state index in [-0.39, 0.29) is 0 Å². The monoisotopic (exact) mass is 564 g/mol. The van der Waals surface area contributed by atoms with Crippen LogP contribution in [0.3, 0.4) is 0 Å². The fraction of sp³-hybridized carbons (Fsp3) is 0.188. The van der Waals surface area contributed by atoms with Crippen LogP contribution in [0, 0.1) is 10.1 Å². The standard InChI is InChI=1S/C16H12ClF3N2O9S3/c1-32(26,27)9-3-5-14(13(7-9)22(24)25)33(28,29)8-15(23)21-12-6-10(2-4-11(12)17)34(30,31)16(18,19)20/h2-7H,8H2,1H3,(H,21,23). The van der Waals surface area contributed by atoms with Crippen molar-refractivity contribution in [1.29, 1.82) is 0 Å². The number of nitro benzene ring substituents is 1. The number of hydrogen-bond acceptors (Lipinski definition) is 9. The van der Waals surface area contributed by atoms with Crippen molar-refractivity contribution < 1.29 is 48.1 Å². The largest absolute Gasteiger partial charge is 0.501 e. The highest BCUT2D eigenvalue weighted by Crippen LogP contribution is 2.34. The van der Waals surface area contributed by atoms with E-state index >= 15 is 0 Å². The summed E-state index contributed by atoms with van der Waals surface area (Å²) in [6.45, 7) is 0. The second-order valence-corrected chi connectivity index (χ2v) is 12.9. The van der Waals surface area contributed by atoms with Gasteiger partial charge in [0, 0.05) is 12.3 Å². The lowest BCUT2D eigenvalue weighted by Gasteiger charge is -2.12. The van der Waals surface area contributed by atoms with E-state index < -0.39 is 82.7 Å². The molecular formula is C16H12ClF3N2O9S3. The molecule has 0 aliphatic heterocycles. The molecule has 0 aromatic heterocycles. The molecule has 2 aromatic rings. The Bertz CT molecular complexity index is 1500. The van der Waals surface area contributed by atoms with Crippen LogP contribution in [0.1, 0.15) is 0 Å². The third kappa shape index (κ3) is 5.83. The third-order valence-electron chi connectivity index (χ3n) is 4.04. The van der Waals surface area contributed by atoms with Gasteiger partial charge >= 0.3 is 5.51 Å². The van der Waals surface area contributed by atoms with Gasteiger partial charge in [0.05, 0.1) is 25.4 Å². The van der Waals surface area contributed by atoms with Crippen molar-refractivity contribution in [3.05, 3.63) is 51.5 Å². The van der Waals surface area contributed by atoms with E-state index in [4.69, 9.17) is 11.6 Å². The van der Waals surface area contributed by atoms with Gasteiger partial charge in [-0.05, 0) is 30.3 Å². The van der Waals surface area contributed by atoms with Gasteiger partial charge in [-0.1, -0.05) is 11.6 Å². The number of alkyl halides is 3. The Morgan fingerprint density at radius 1 is 1.03 bits per heavy atom. The molecule has 0 bridgehead atoms. The number of amides is 1. The molecule has 2 rings (SSSR count). The van der Waals surface area contributed by atoms with Crippen molar-refractivity contribution >= 4 is 58.4 Å². The molecule has 0 unspecified atom stereocenters. The summed E-state index contributed by atoms with van der Waals surface area (Å²) >= 11 is 5.73. The van der Waals surface area contributed by atoms with Crippen LogP contribution in [0.25, 0.3) is 0 Å². The zero-order chi connectivity index (χ0) is 26.3. The molecule has 1 amide bonds. The van der Waals surface area contributed by atoms with Crippen molar-refractivity contribution in [3.63, 3.8) is 0 Å². The molecule has 18 heteroatoms. The molecule has 1 N–H and O–H groups in total. The maximum absolute atomic E-state index is 12.7. The van der Waals surface area contributed by atoms with Crippen LogP contribution < -0.4 is 5.32 Å². The summed E-state index contributed by atoms with van der Waals surface area (Å²) in [5, 5.41) is 12.7. The van der Waals surface area contributed by atoms with Gasteiger partial charge in [-0.15, -0.1) is 0 Å². The summed E-state index contributed by atoms with van der Waals surface area (Å²) in [5.41, 5.74) is -7.47. The van der Waals surface area contributed by atoms with E-state index in [0.29, 0.717) is 24.3 Å². The van der Waals surface area contributed by atoms with Gasteiger partial charge < -0.3 is 5.32 Å². The van der Waals surface area contributed by atoms with Gasteiger partial charge in [-0.25, -0.2) is 25.3 Å². The first kappa shape index (κ1) is 27.5. The van der Waals surface area contributed by atoms with Gasteiger partial charge in [0.1, 0.15) is 10.6 Å². The molecule has 11 nitrogen and oxygen atoms in total. The molecule has 0 heterocycles.